The number of aliphatic hydroxyl groups is 1. The van der Waals surface area contributed by atoms with Crippen LogP contribution in [0.15, 0.2) is 24.3 Å². The number of Topliss-reactive ketones (excluding diaryl/α,β-unsaturated/α-hetero) is 1. The Hall–Kier alpha value is -2.28. The lowest BCUT2D eigenvalue weighted by molar-refractivity contribution is -0.172. The lowest BCUT2D eigenvalue weighted by Gasteiger charge is -2.43. The Bertz CT molecular complexity index is 699. The number of carbonyl (C=O) groups excluding carboxylic acids is 3. The van der Waals surface area contributed by atoms with Crippen LogP contribution in [0.5, 0.6) is 0 Å². The van der Waals surface area contributed by atoms with Crippen molar-refractivity contribution in [3.8, 4) is 0 Å². The molecule has 1 saturated carbocycles. The van der Waals surface area contributed by atoms with Crippen LogP contribution in [0.3, 0.4) is 0 Å². The Balaban J connectivity index is 2.64. The Labute approximate surface area is 151 Å². The molecule has 1 aliphatic carbocycles. The van der Waals surface area contributed by atoms with Gasteiger partial charge in [-0.05, 0) is 32.4 Å². The average molecular weight is 366 g/mol. The van der Waals surface area contributed by atoms with Crippen LogP contribution in [0, 0.1) is 17.7 Å². The molecule has 2 rings (SSSR count). The van der Waals surface area contributed by atoms with E-state index in [4.69, 9.17) is 9.47 Å². The van der Waals surface area contributed by atoms with Gasteiger partial charge < -0.3 is 14.6 Å². The zero-order valence-electron chi connectivity index (χ0n) is 15.0. The lowest BCUT2D eigenvalue weighted by atomic mass is 9.61. The highest BCUT2D eigenvalue weighted by atomic mass is 19.1. The van der Waals surface area contributed by atoms with Crippen molar-refractivity contribution < 1.29 is 33.4 Å². The first-order valence-electron chi connectivity index (χ1n) is 8.57. The normalized spacial score (nSPS) is 28.5. The van der Waals surface area contributed by atoms with Crippen LogP contribution in [0.4, 0.5) is 4.39 Å². The fourth-order valence-corrected chi connectivity index (χ4v) is 3.60. The molecule has 142 valence electrons. The summed E-state index contributed by atoms with van der Waals surface area (Å²) in [5.41, 5.74) is -1.78. The highest BCUT2D eigenvalue weighted by Crippen LogP contribution is 2.47. The molecule has 0 saturated heterocycles. The monoisotopic (exact) mass is 366 g/mol. The summed E-state index contributed by atoms with van der Waals surface area (Å²) >= 11 is 0. The van der Waals surface area contributed by atoms with E-state index in [0.29, 0.717) is 0 Å². The molecule has 6 nitrogen and oxygen atoms in total. The first-order valence-corrected chi connectivity index (χ1v) is 8.57. The second-order valence-corrected chi connectivity index (χ2v) is 6.51. The van der Waals surface area contributed by atoms with Gasteiger partial charge in [-0.1, -0.05) is 18.2 Å². The molecule has 0 heterocycles. The van der Waals surface area contributed by atoms with Crippen molar-refractivity contribution in [2.45, 2.75) is 38.7 Å². The number of ketones is 1. The Morgan fingerprint density at radius 2 is 1.77 bits per heavy atom. The number of rotatable bonds is 5. The largest absolute Gasteiger partial charge is 0.466 e. The quantitative estimate of drug-likeness (QED) is 0.633. The molecule has 26 heavy (non-hydrogen) atoms. The minimum absolute atomic E-state index is 0.00284. The van der Waals surface area contributed by atoms with Crippen LogP contribution >= 0.6 is 0 Å². The maximum atomic E-state index is 14.5. The first kappa shape index (κ1) is 20.0. The van der Waals surface area contributed by atoms with Gasteiger partial charge in [-0.2, -0.15) is 0 Å². The summed E-state index contributed by atoms with van der Waals surface area (Å²) in [6.45, 7) is 4.59. The summed E-state index contributed by atoms with van der Waals surface area (Å²) in [6, 6.07) is 5.57. The van der Waals surface area contributed by atoms with E-state index in [1.54, 1.807) is 13.8 Å². The molecule has 0 amide bonds. The third-order valence-corrected chi connectivity index (χ3v) is 4.61. The van der Waals surface area contributed by atoms with Gasteiger partial charge in [-0.25, -0.2) is 4.39 Å². The van der Waals surface area contributed by atoms with E-state index >= 15 is 0 Å². The van der Waals surface area contributed by atoms with E-state index in [1.165, 1.54) is 31.2 Å². The van der Waals surface area contributed by atoms with Gasteiger partial charge in [0.2, 0.25) is 0 Å². The van der Waals surface area contributed by atoms with E-state index in [-0.39, 0.29) is 18.8 Å². The molecular formula is C19H23FO6. The van der Waals surface area contributed by atoms with Gasteiger partial charge in [0.1, 0.15) is 11.7 Å². The average Bonchev–Trinajstić information content (AvgIpc) is 2.54. The first-order chi connectivity index (χ1) is 12.2. The van der Waals surface area contributed by atoms with Crippen molar-refractivity contribution >= 4 is 17.7 Å². The van der Waals surface area contributed by atoms with Gasteiger partial charge in [-0.3, -0.25) is 14.4 Å². The summed E-state index contributed by atoms with van der Waals surface area (Å²) in [5, 5.41) is 10.8. The van der Waals surface area contributed by atoms with Crippen LogP contribution in [-0.2, 0) is 23.9 Å². The molecule has 0 bridgehead atoms. The standard InChI is InChI=1S/C19H23FO6/c1-4-25-17(22)15-13(21)10-19(3,24)16(18(23)26-5-2)14(15)11-8-6-7-9-12(11)20/h6-9,14-16,24H,4-5,10H2,1-3H3/t14-,15+,16-,19-/m0/s1. The van der Waals surface area contributed by atoms with Crippen LogP contribution in [-0.4, -0.2) is 41.6 Å². The maximum Gasteiger partial charge on any atom is 0.317 e. The number of carbonyl (C=O) groups is 3. The van der Waals surface area contributed by atoms with Crippen LogP contribution in [0.1, 0.15) is 38.7 Å². The summed E-state index contributed by atoms with van der Waals surface area (Å²) in [4.78, 5) is 37.6. The van der Waals surface area contributed by atoms with Crippen molar-refractivity contribution in [3.63, 3.8) is 0 Å². The predicted octanol–water partition coefficient (Wildman–Crippen LogP) is 1.99. The van der Waals surface area contributed by atoms with Crippen molar-refractivity contribution in [1.82, 2.24) is 0 Å². The van der Waals surface area contributed by atoms with Crippen molar-refractivity contribution in [3.05, 3.63) is 35.6 Å². The molecule has 4 atom stereocenters. The van der Waals surface area contributed by atoms with E-state index < -0.39 is 53.3 Å². The summed E-state index contributed by atoms with van der Waals surface area (Å²) in [6.07, 6.45) is -0.426. The van der Waals surface area contributed by atoms with Crippen molar-refractivity contribution in [2.75, 3.05) is 13.2 Å². The van der Waals surface area contributed by atoms with Crippen LogP contribution < -0.4 is 0 Å². The Kier molecular flexibility index (Phi) is 6.13. The van der Waals surface area contributed by atoms with Crippen LogP contribution in [0.25, 0.3) is 0 Å². The molecule has 1 aromatic rings. The Morgan fingerprint density at radius 1 is 1.19 bits per heavy atom. The number of esters is 2. The van der Waals surface area contributed by atoms with Gasteiger partial charge in [0.25, 0.3) is 0 Å². The molecule has 0 radical (unpaired) electrons. The molecule has 7 heteroatoms. The predicted molar refractivity (Wildman–Crippen MR) is 89.6 cm³/mol. The molecule has 1 aromatic carbocycles. The SMILES string of the molecule is CCOC(=O)[C@@H]1C(=O)C[C@](C)(O)[C@H](C(=O)OCC)[C@H]1c1ccccc1F. The van der Waals surface area contributed by atoms with Gasteiger partial charge in [-0.15, -0.1) is 0 Å². The smallest absolute Gasteiger partial charge is 0.317 e. The second-order valence-electron chi connectivity index (χ2n) is 6.51. The van der Waals surface area contributed by atoms with Crippen molar-refractivity contribution in [2.24, 2.45) is 11.8 Å². The molecule has 1 N–H and O–H groups in total. The molecular weight excluding hydrogens is 343 g/mol. The van der Waals surface area contributed by atoms with Gasteiger partial charge >= 0.3 is 11.9 Å². The van der Waals surface area contributed by atoms with Crippen LogP contribution in [0.2, 0.25) is 0 Å². The van der Waals surface area contributed by atoms with E-state index in [1.807, 2.05) is 0 Å². The molecule has 0 aliphatic heterocycles. The third kappa shape index (κ3) is 3.77. The van der Waals surface area contributed by atoms with E-state index in [9.17, 15) is 23.9 Å². The maximum absolute atomic E-state index is 14.5. The highest BCUT2D eigenvalue weighted by molar-refractivity contribution is 6.02. The second kappa shape index (κ2) is 7.95. The van der Waals surface area contributed by atoms with Crippen molar-refractivity contribution in [1.29, 1.82) is 0 Å². The number of ether oxygens (including phenoxy) is 2. The molecule has 0 unspecified atom stereocenters. The summed E-state index contributed by atoms with van der Waals surface area (Å²) in [5.74, 6) is -6.78. The lowest BCUT2D eigenvalue weighted by Crippen LogP contribution is -2.55. The third-order valence-electron chi connectivity index (χ3n) is 4.61. The zero-order valence-corrected chi connectivity index (χ0v) is 15.0. The highest BCUT2D eigenvalue weighted by Gasteiger charge is 2.57. The number of hydrogen-bond donors (Lipinski definition) is 1. The number of benzene rings is 1. The van der Waals surface area contributed by atoms with Gasteiger partial charge in [0.15, 0.2) is 5.78 Å². The minimum Gasteiger partial charge on any atom is -0.466 e. The summed E-state index contributed by atoms with van der Waals surface area (Å²) < 4.78 is 24.5. The van der Waals surface area contributed by atoms with Gasteiger partial charge in [0.05, 0.1) is 24.7 Å². The van der Waals surface area contributed by atoms with E-state index in [2.05, 4.69) is 0 Å². The fourth-order valence-electron chi connectivity index (χ4n) is 3.60. The minimum atomic E-state index is -1.78. The zero-order chi connectivity index (χ0) is 19.5. The van der Waals surface area contributed by atoms with E-state index in [0.717, 1.165) is 0 Å². The number of halogens is 1. The molecule has 0 spiro atoms. The Morgan fingerprint density at radius 3 is 2.35 bits per heavy atom. The molecule has 1 fully saturated rings. The fraction of sp³-hybridized carbons (Fsp3) is 0.526. The number of hydrogen-bond acceptors (Lipinski definition) is 6. The topological polar surface area (TPSA) is 89.9 Å². The molecule has 0 aromatic heterocycles. The van der Waals surface area contributed by atoms with Gasteiger partial charge in [0, 0.05) is 12.3 Å². The summed E-state index contributed by atoms with van der Waals surface area (Å²) in [7, 11) is 0. The molecule has 1 aliphatic rings.